The molecule has 0 saturated carbocycles. The van der Waals surface area contributed by atoms with Crippen LogP contribution in [-0.4, -0.2) is 13.3 Å². The van der Waals surface area contributed by atoms with E-state index in [4.69, 9.17) is 5.73 Å². The standard InChI is InChI=1S/C12H13N3O4S2/c1-7-3-4-9(8(2)5-7)14-21(18,19)11-6-10(15(16)17)12(13)20-11/h3-6,14H,13H2,1-2H3. The fourth-order valence-electron chi connectivity index (χ4n) is 1.77. The molecule has 21 heavy (non-hydrogen) atoms. The van der Waals surface area contributed by atoms with Crippen molar-refractivity contribution >= 4 is 37.7 Å². The molecule has 2 rings (SSSR count). The zero-order chi connectivity index (χ0) is 15.8. The number of nitrogens with zero attached hydrogens (tertiary/aromatic N) is 1. The summed E-state index contributed by atoms with van der Waals surface area (Å²) < 4.78 is 26.7. The molecule has 2 aromatic rings. The molecular weight excluding hydrogens is 314 g/mol. The number of hydrogen-bond acceptors (Lipinski definition) is 6. The van der Waals surface area contributed by atoms with Gasteiger partial charge >= 0.3 is 5.69 Å². The van der Waals surface area contributed by atoms with Gasteiger partial charge in [0.2, 0.25) is 0 Å². The second-order valence-electron chi connectivity index (χ2n) is 4.50. The highest BCUT2D eigenvalue weighted by atomic mass is 32.2. The van der Waals surface area contributed by atoms with E-state index in [1.807, 2.05) is 13.0 Å². The van der Waals surface area contributed by atoms with Gasteiger partial charge in [-0.05, 0) is 25.5 Å². The fourth-order valence-corrected chi connectivity index (χ4v) is 4.12. The summed E-state index contributed by atoms with van der Waals surface area (Å²) in [5, 5.41) is 10.6. The van der Waals surface area contributed by atoms with Crippen molar-refractivity contribution < 1.29 is 13.3 Å². The van der Waals surface area contributed by atoms with E-state index in [1.54, 1.807) is 19.1 Å². The molecule has 0 unspecified atom stereocenters. The normalized spacial score (nSPS) is 11.3. The highest BCUT2D eigenvalue weighted by molar-refractivity contribution is 7.94. The predicted octanol–water partition coefficient (Wildman–Crippen LogP) is 2.66. The van der Waals surface area contributed by atoms with Crippen molar-refractivity contribution in [3.05, 3.63) is 45.5 Å². The van der Waals surface area contributed by atoms with Crippen LogP contribution in [0.25, 0.3) is 0 Å². The Labute approximate surface area is 125 Å². The van der Waals surface area contributed by atoms with Gasteiger partial charge in [0.1, 0.15) is 4.21 Å². The Morgan fingerprint density at radius 3 is 2.48 bits per heavy atom. The lowest BCUT2D eigenvalue weighted by atomic mass is 10.1. The van der Waals surface area contributed by atoms with E-state index in [9.17, 15) is 18.5 Å². The number of rotatable bonds is 4. The van der Waals surface area contributed by atoms with Gasteiger partial charge in [-0.15, -0.1) is 0 Å². The van der Waals surface area contributed by atoms with E-state index in [2.05, 4.69) is 4.72 Å². The molecule has 0 aliphatic rings. The van der Waals surface area contributed by atoms with Gasteiger partial charge in [-0.1, -0.05) is 29.0 Å². The van der Waals surface area contributed by atoms with E-state index in [-0.39, 0.29) is 9.21 Å². The molecular formula is C12H13N3O4S2. The third-order valence-corrected chi connectivity index (χ3v) is 5.60. The lowest BCUT2D eigenvalue weighted by Crippen LogP contribution is -2.12. The van der Waals surface area contributed by atoms with Gasteiger partial charge in [0, 0.05) is 6.07 Å². The molecule has 112 valence electrons. The van der Waals surface area contributed by atoms with Crippen molar-refractivity contribution in [2.75, 3.05) is 10.5 Å². The predicted molar refractivity (Wildman–Crippen MR) is 82.1 cm³/mol. The number of nitro groups is 1. The van der Waals surface area contributed by atoms with Gasteiger partial charge in [-0.3, -0.25) is 14.8 Å². The first kappa shape index (κ1) is 15.3. The molecule has 0 spiro atoms. The van der Waals surface area contributed by atoms with Crippen molar-refractivity contribution in [2.24, 2.45) is 0 Å². The maximum absolute atomic E-state index is 12.2. The van der Waals surface area contributed by atoms with Crippen molar-refractivity contribution in [3.8, 4) is 0 Å². The Morgan fingerprint density at radius 2 is 1.95 bits per heavy atom. The number of benzene rings is 1. The van der Waals surface area contributed by atoms with Gasteiger partial charge in [-0.2, -0.15) is 0 Å². The Morgan fingerprint density at radius 1 is 1.29 bits per heavy atom. The van der Waals surface area contributed by atoms with Crippen LogP contribution in [0.15, 0.2) is 28.5 Å². The minimum absolute atomic E-state index is 0.138. The maximum Gasteiger partial charge on any atom is 0.304 e. The van der Waals surface area contributed by atoms with Crippen LogP contribution < -0.4 is 10.5 Å². The first-order valence-electron chi connectivity index (χ1n) is 5.84. The molecule has 1 aromatic heterocycles. The maximum atomic E-state index is 12.2. The first-order valence-corrected chi connectivity index (χ1v) is 8.14. The summed E-state index contributed by atoms with van der Waals surface area (Å²) in [6.07, 6.45) is 0. The summed E-state index contributed by atoms with van der Waals surface area (Å²) in [6, 6.07) is 6.22. The Hall–Kier alpha value is -2.13. The molecule has 0 atom stereocenters. The summed E-state index contributed by atoms with van der Waals surface area (Å²) in [6.45, 7) is 3.67. The quantitative estimate of drug-likeness (QED) is 0.661. The average Bonchev–Trinajstić information content (AvgIpc) is 2.76. The number of nitrogens with two attached hydrogens (primary N) is 1. The van der Waals surface area contributed by atoms with E-state index in [1.165, 1.54) is 0 Å². The summed E-state index contributed by atoms with van der Waals surface area (Å²) in [4.78, 5) is 10.0. The molecule has 9 heteroatoms. The number of nitrogen functional groups attached to an aromatic ring is 1. The summed E-state index contributed by atoms with van der Waals surface area (Å²) in [5.74, 6) is 0. The van der Waals surface area contributed by atoms with Crippen molar-refractivity contribution in [1.29, 1.82) is 0 Å². The van der Waals surface area contributed by atoms with Crippen LogP contribution in [0.5, 0.6) is 0 Å². The largest absolute Gasteiger partial charge is 0.385 e. The third kappa shape index (κ3) is 3.14. The first-order chi connectivity index (χ1) is 9.70. The lowest BCUT2D eigenvalue weighted by Gasteiger charge is -2.09. The van der Waals surface area contributed by atoms with E-state index in [0.29, 0.717) is 17.0 Å². The van der Waals surface area contributed by atoms with Gasteiger partial charge < -0.3 is 5.73 Å². The molecule has 1 aromatic carbocycles. The number of nitrogens with one attached hydrogen (secondary N) is 1. The smallest absolute Gasteiger partial charge is 0.304 e. The van der Waals surface area contributed by atoms with Crippen LogP contribution in [0.4, 0.5) is 16.4 Å². The minimum atomic E-state index is -3.90. The Bertz CT molecular complexity index is 812. The third-order valence-electron chi connectivity index (χ3n) is 2.81. The van der Waals surface area contributed by atoms with Crippen LogP contribution >= 0.6 is 11.3 Å². The number of aryl methyl sites for hydroxylation is 2. The van der Waals surface area contributed by atoms with Crippen molar-refractivity contribution in [1.82, 2.24) is 0 Å². The Kier molecular flexibility index (Phi) is 3.88. The zero-order valence-corrected chi connectivity index (χ0v) is 12.9. The van der Waals surface area contributed by atoms with Crippen LogP contribution in [0, 0.1) is 24.0 Å². The lowest BCUT2D eigenvalue weighted by molar-refractivity contribution is -0.383. The molecule has 7 nitrogen and oxygen atoms in total. The average molecular weight is 327 g/mol. The van der Waals surface area contributed by atoms with Crippen LogP contribution in [0.3, 0.4) is 0 Å². The molecule has 0 aliphatic heterocycles. The van der Waals surface area contributed by atoms with Gasteiger partial charge in [0.15, 0.2) is 5.00 Å². The van der Waals surface area contributed by atoms with Crippen molar-refractivity contribution in [2.45, 2.75) is 18.1 Å². The summed E-state index contributed by atoms with van der Waals surface area (Å²) in [7, 11) is -3.90. The second kappa shape index (κ2) is 5.34. The van der Waals surface area contributed by atoms with Gasteiger partial charge in [-0.25, -0.2) is 8.42 Å². The molecule has 0 radical (unpaired) electrons. The van der Waals surface area contributed by atoms with E-state index < -0.39 is 20.6 Å². The summed E-state index contributed by atoms with van der Waals surface area (Å²) >= 11 is 0.664. The van der Waals surface area contributed by atoms with E-state index in [0.717, 1.165) is 17.2 Å². The number of hydrogen-bond donors (Lipinski definition) is 2. The molecule has 0 fully saturated rings. The molecule has 0 aliphatic carbocycles. The van der Waals surface area contributed by atoms with Crippen LogP contribution in [-0.2, 0) is 10.0 Å². The number of sulfonamides is 1. The zero-order valence-electron chi connectivity index (χ0n) is 11.3. The molecule has 0 amide bonds. The second-order valence-corrected chi connectivity index (χ2v) is 7.49. The van der Waals surface area contributed by atoms with E-state index >= 15 is 0 Å². The molecule has 0 saturated heterocycles. The molecule has 1 heterocycles. The van der Waals surface area contributed by atoms with Gasteiger partial charge in [0.05, 0.1) is 10.6 Å². The van der Waals surface area contributed by atoms with Crippen LogP contribution in [0.2, 0.25) is 0 Å². The van der Waals surface area contributed by atoms with Gasteiger partial charge in [0.25, 0.3) is 10.0 Å². The highest BCUT2D eigenvalue weighted by Gasteiger charge is 2.25. The monoisotopic (exact) mass is 327 g/mol. The Balaban J connectivity index is 2.38. The SMILES string of the molecule is Cc1ccc(NS(=O)(=O)c2cc([N+](=O)[O-])c(N)s2)c(C)c1. The molecule has 3 N–H and O–H groups in total. The summed E-state index contributed by atoms with van der Waals surface area (Å²) in [5.41, 5.74) is 7.26. The molecule has 0 bridgehead atoms. The number of thiophene rings is 1. The topological polar surface area (TPSA) is 115 Å². The van der Waals surface area contributed by atoms with Crippen LogP contribution in [0.1, 0.15) is 11.1 Å². The highest BCUT2D eigenvalue weighted by Crippen LogP contribution is 2.35. The number of anilines is 2. The fraction of sp³-hybridized carbons (Fsp3) is 0.167. The van der Waals surface area contributed by atoms with Crippen molar-refractivity contribution in [3.63, 3.8) is 0 Å². The minimum Gasteiger partial charge on any atom is -0.385 e.